The molecule has 0 atom stereocenters. The van der Waals surface area contributed by atoms with E-state index in [1.807, 2.05) is 13.8 Å². The second-order valence-corrected chi connectivity index (χ2v) is 3.22. The van der Waals surface area contributed by atoms with Crippen molar-refractivity contribution in [3.63, 3.8) is 0 Å². The molecular formula is C10H20N2O3. The number of rotatable bonds is 6. The van der Waals surface area contributed by atoms with E-state index in [9.17, 15) is 9.59 Å². The number of hydrogen-bond acceptors (Lipinski definition) is 3. The van der Waals surface area contributed by atoms with Crippen LogP contribution < -0.4 is 10.6 Å². The molecule has 5 nitrogen and oxygen atoms in total. The summed E-state index contributed by atoms with van der Waals surface area (Å²) in [5, 5.41) is 5.24. The molecule has 0 radical (unpaired) electrons. The smallest absolute Gasteiger partial charge is 0.406 e. The molecule has 2 N–H and O–H groups in total. The first kappa shape index (κ1) is 13.7. The second-order valence-electron chi connectivity index (χ2n) is 3.22. The first-order valence-electron chi connectivity index (χ1n) is 5.25. The molecular weight excluding hydrogens is 196 g/mol. The van der Waals surface area contributed by atoms with Gasteiger partial charge in [-0.3, -0.25) is 4.79 Å². The van der Waals surface area contributed by atoms with Crippen LogP contribution in [-0.4, -0.2) is 32.2 Å². The van der Waals surface area contributed by atoms with Gasteiger partial charge in [-0.25, -0.2) is 4.79 Å². The summed E-state index contributed by atoms with van der Waals surface area (Å²) in [5.74, 6) is 0.120. The third-order valence-corrected chi connectivity index (χ3v) is 2.24. The van der Waals surface area contributed by atoms with Gasteiger partial charge in [0.05, 0.1) is 7.11 Å². The molecule has 0 saturated heterocycles. The van der Waals surface area contributed by atoms with Gasteiger partial charge in [-0.15, -0.1) is 0 Å². The van der Waals surface area contributed by atoms with Crippen LogP contribution >= 0.6 is 0 Å². The Morgan fingerprint density at radius 2 is 1.67 bits per heavy atom. The van der Waals surface area contributed by atoms with E-state index in [1.54, 1.807) is 0 Å². The van der Waals surface area contributed by atoms with Crippen molar-refractivity contribution in [1.29, 1.82) is 0 Å². The van der Waals surface area contributed by atoms with Crippen LogP contribution in [0.2, 0.25) is 0 Å². The highest BCUT2D eigenvalue weighted by Gasteiger charge is 2.12. The van der Waals surface area contributed by atoms with E-state index in [1.165, 1.54) is 7.11 Å². The molecule has 5 heteroatoms. The van der Waals surface area contributed by atoms with Crippen molar-refractivity contribution in [3.05, 3.63) is 0 Å². The Kier molecular flexibility index (Phi) is 7.40. The molecule has 15 heavy (non-hydrogen) atoms. The van der Waals surface area contributed by atoms with E-state index in [0.717, 1.165) is 12.8 Å². The molecule has 0 unspecified atom stereocenters. The van der Waals surface area contributed by atoms with Crippen molar-refractivity contribution in [1.82, 2.24) is 10.6 Å². The molecule has 0 rings (SSSR count). The highest BCUT2D eigenvalue weighted by Crippen LogP contribution is 2.06. The molecule has 0 aromatic heterocycles. The van der Waals surface area contributed by atoms with Gasteiger partial charge < -0.3 is 15.4 Å². The normalized spacial score (nSPS) is 9.87. The van der Waals surface area contributed by atoms with Crippen LogP contribution in [0.15, 0.2) is 0 Å². The summed E-state index contributed by atoms with van der Waals surface area (Å²) >= 11 is 0. The fourth-order valence-electron chi connectivity index (χ4n) is 1.23. The fraction of sp³-hybridized carbons (Fsp3) is 0.800. The number of methoxy groups -OCH3 is 1. The van der Waals surface area contributed by atoms with Gasteiger partial charge in [0.2, 0.25) is 5.91 Å². The summed E-state index contributed by atoms with van der Waals surface area (Å²) in [7, 11) is 1.30. The summed E-state index contributed by atoms with van der Waals surface area (Å²) < 4.78 is 4.38. The zero-order chi connectivity index (χ0) is 11.7. The number of nitrogens with one attached hydrogen (secondary N) is 2. The molecule has 0 spiro atoms. The predicted molar refractivity (Wildman–Crippen MR) is 57.5 cm³/mol. The standard InChI is InChI=1S/C10H20N2O3/c1-4-8(5-2)9(13)11-6-7-12-10(14)15-3/h8H,4-7H2,1-3H3,(H,11,13)(H,12,14). The van der Waals surface area contributed by atoms with Crippen LogP contribution in [0, 0.1) is 5.92 Å². The second kappa shape index (κ2) is 8.08. The maximum Gasteiger partial charge on any atom is 0.406 e. The average molecular weight is 216 g/mol. The zero-order valence-electron chi connectivity index (χ0n) is 9.63. The third-order valence-electron chi connectivity index (χ3n) is 2.24. The molecule has 0 aliphatic heterocycles. The van der Waals surface area contributed by atoms with E-state index in [4.69, 9.17) is 0 Å². The van der Waals surface area contributed by atoms with Crippen LogP contribution in [-0.2, 0) is 9.53 Å². The number of alkyl carbamates (subject to hydrolysis) is 1. The monoisotopic (exact) mass is 216 g/mol. The number of carbonyl (C=O) groups is 2. The van der Waals surface area contributed by atoms with Crippen molar-refractivity contribution in [2.24, 2.45) is 5.92 Å². The Labute approximate surface area is 90.6 Å². The minimum Gasteiger partial charge on any atom is -0.453 e. The van der Waals surface area contributed by atoms with Crippen molar-refractivity contribution >= 4 is 12.0 Å². The Balaban J connectivity index is 3.58. The van der Waals surface area contributed by atoms with Crippen molar-refractivity contribution in [3.8, 4) is 0 Å². The Hall–Kier alpha value is -1.26. The largest absolute Gasteiger partial charge is 0.453 e. The number of hydrogen-bond donors (Lipinski definition) is 2. The number of ether oxygens (including phenoxy) is 1. The van der Waals surface area contributed by atoms with E-state index in [-0.39, 0.29) is 11.8 Å². The van der Waals surface area contributed by atoms with Crippen LogP contribution in [0.4, 0.5) is 4.79 Å². The van der Waals surface area contributed by atoms with E-state index < -0.39 is 6.09 Å². The number of carbonyl (C=O) groups excluding carboxylic acids is 2. The lowest BCUT2D eigenvalue weighted by Gasteiger charge is -2.12. The van der Waals surface area contributed by atoms with Gasteiger partial charge in [0.15, 0.2) is 0 Å². The highest BCUT2D eigenvalue weighted by molar-refractivity contribution is 5.78. The summed E-state index contributed by atoms with van der Waals surface area (Å²) in [6, 6.07) is 0. The molecule has 0 aromatic rings. The van der Waals surface area contributed by atoms with Gasteiger partial charge in [-0.05, 0) is 12.8 Å². The SMILES string of the molecule is CCC(CC)C(=O)NCCNC(=O)OC. The third kappa shape index (κ3) is 5.93. The molecule has 0 bridgehead atoms. The van der Waals surface area contributed by atoms with Gasteiger partial charge >= 0.3 is 6.09 Å². The van der Waals surface area contributed by atoms with E-state index >= 15 is 0 Å². The fourth-order valence-corrected chi connectivity index (χ4v) is 1.23. The van der Waals surface area contributed by atoms with Crippen LogP contribution in [0.25, 0.3) is 0 Å². The minimum atomic E-state index is -0.480. The molecule has 0 aliphatic carbocycles. The Morgan fingerprint density at radius 1 is 1.13 bits per heavy atom. The first-order valence-corrected chi connectivity index (χ1v) is 5.25. The Morgan fingerprint density at radius 3 is 2.13 bits per heavy atom. The molecule has 0 aliphatic rings. The lowest BCUT2D eigenvalue weighted by Crippen LogP contribution is -2.37. The summed E-state index contributed by atoms with van der Waals surface area (Å²) in [6.07, 6.45) is 1.20. The molecule has 0 heterocycles. The molecule has 2 amide bonds. The highest BCUT2D eigenvalue weighted by atomic mass is 16.5. The first-order chi connectivity index (χ1) is 7.15. The molecule has 0 saturated carbocycles. The van der Waals surface area contributed by atoms with Gasteiger partial charge in [-0.1, -0.05) is 13.8 Å². The summed E-state index contributed by atoms with van der Waals surface area (Å²) in [6.45, 7) is 4.80. The lowest BCUT2D eigenvalue weighted by molar-refractivity contribution is -0.125. The lowest BCUT2D eigenvalue weighted by atomic mass is 10.0. The van der Waals surface area contributed by atoms with Gasteiger partial charge in [0, 0.05) is 19.0 Å². The molecule has 0 fully saturated rings. The summed E-state index contributed by atoms with van der Waals surface area (Å²) in [4.78, 5) is 22.1. The van der Waals surface area contributed by atoms with E-state index in [2.05, 4.69) is 15.4 Å². The van der Waals surface area contributed by atoms with Crippen LogP contribution in [0.3, 0.4) is 0 Å². The van der Waals surface area contributed by atoms with Crippen molar-refractivity contribution < 1.29 is 14.3 Å². The van der Waals surface area contributed by atoms with Crippen LogP contribution in [0.1, 0.15) is 26.7 Å². The van der Waals surface area contributed by atoms with Crippen molar-refractivity contribution in [2.75, 3.05) is 20.2 Å². The minimum absolute atomic E-state index is 0.0478. The van der Waals surface area contributed by atoms with Gasteiger partial charge in [0.1, 0.15) is 0 Å². The predicted octanol–water partition coefficient (Wildman–Crippen LogP) is 0.895. The number of amides is 2. The zero-order valence-corrected chi connectivity index (χ0v) is 9.63. The van der Waals surface area contributed by atoms with Crippen LogP contribution in [0.5, 0.6) is 0 Å². The quantitative estimate of drug-likeness (QED) is 0.648. The molecule has 0 aromatic carbocycles. The van der Waals surface area contributed by atoms with Crippen molar-refractivity contribution in [2.45, 2.75) is 26.7 Å². The maximum atomic E-state index is 11.5. The van der Waals surface area contributed by atoms with Gasteiger partial charge in [0.25, 0.3) is 0 Å². The maximum absolute atomic E-state index is 11.5. The average Bonchev–Trinajstić information content (AvgIpc) is 2.25. The summed E-state index contributed by atoms with van der Waals surface area (Å²) in [5.41, 5.74) is 0. The van der Waals surface area contributed by atoms with Gasteiger partial charge in [-0.2, -0.15) is 0 Å². The Bertz CT molecular complexity index is 203. The van der Waals surface area contributed by atoms with E-state index in [0.29, 0.717) is 13.1 Å². The molecule has 88 valence electrons. The topological polar surface area (TPSA) is 67.4 Å².